The van der Waals surface area contributed by atoms with E-state index in [4.69, 9.17) is 9.47 Å². The fourth-order valence-corrected chi connectivity index (χ4v) is 7.38. The van der Waals surface area contributed by atoms with Gasteiger partial charge in [-0.3, -0.25) is 14.4 Å². The average Bonchev–Trinajstić information content (AvgIpc) is 3.46. The van der Waals surface area contributed by atoms with Crippen LogP contribution in [-0.4, -0.2) is 81.1 Å². The molecule has 37 heavy (non-hydrogen) atoms. The Bertz CT molecular complexity index is 1020. The van der Waals surface area contributed by atoms with Crippen LogP contribution in [-0.2, 0) is 30.4 Å². The number of halogens is 1. The lowest BCUT2D eigenvalue weighted by molar-refractivity contribution is -0.156. The number of rotatable bonds is 11. The molecule has 1 spiro atoms. The second kappa shape index (κ2) is 11.3. The van der Waals surface area contributed by atoms with E-state index in [2.05, 4.69) is 22.5 Å². The van der Waals surface area contributed by atoms with Crippen LogP contribution in [0.5, 0.6) is 0 Å². The first-order valence-corrected chi connectivity index (χ1v) is 14.0. The number of aliphatic hydroxyl groups excluding tert-OH is 1. The van der Waals surface area contributed by atoms with E-state index in [9.17, 15) is 19.5 Å². The summed E-state index contributed by atoms with van der Waals surface area (Å²) in [5, 5.41) is 10.4. The summed E-state index contributed by atoms with van der Waals surface area (Å²) in [6.07, 6.45) is 2.02. The number of alkyl halides is 1. The molecule has 2 bridgehead atoms. The van der Waals surface area contributed by atoms with E-state index in [-0.39, 0.29) is 42.3 Å². The van der Waals surface area contributed by atoms with Crippen molar-refractivity contribution in [3.8, 4) is 0 Å². The smallest absolute Gasteiger partial charge is 0.312 e. The molecule has 0 radical (unpaired) electrons. The van der Waals surface area contributed by atoms with E-state index in [1.807, 2.05) is 44.2 Å². The minimum atomic E-state index is -1.19. The van der Waals surface area contributed by atoms with Crippen LogP contribution >= 0.6 is 15.9 Å². The van der Waals surface area contributed by atoms with E-state index < -0.39 is 41.6 Å². The number of aliphatic hydroxyl groups is 1. The maximum absolute atomic E-state index is 14.4. The quantitative estimate of drug-likeness (QED) is 0.247. The van der Waals surface area contributed by atoms with Crippen LogP contribution in [0, 0.1) is 17.8 Å². The fourth-order valence-electron chi connectivity index (χ4n) is 6.43. The van der Waals surface area contributed by atoms with Crippen molar-refractivity contribution in [1.82, 2.24) is 9.80 Å². The zero-order chi connectivity index (χ0) is 26.9. The molecule has 9 heteroatoms. The van der Waals surface area contributed by atoms with Gasteiger partial charge in [-0.2, -0.15) is 0 Å². The normalized spacial score (nSPS) is 30.9. The summed E-state index contributed by atoms with van der Waals surface area (Å²) in [5.41, 5.74) is -0.242. The van der Waals surface area contributed by atoms with E-state index in [0.29, 0.717) is 19.4 Å². The number of amides is 2. The van der Waals surface area contributed by atoms with Crippen LogP contribution in [0.2, 0.25) is 0 Å². The third-order valence-electron chi connectivity index (χ3n) is 7.74. The molecule has 3 unspecified atom stereocenters. The van der Waals surface area contributed by atoms with E-state index in [0.717, 1.165) is 5.56 Å². The molecule has 3 heterocycles. The van der Waals surface area contributed by atoms with Gasteiger partial charge in [-0.25, -0.2) is 0 Å². The average molecular weight is 578 g/mol. The largest absolute Gasteiger partial charge is 0.466 e. The zero-order valence-corrected chi connectivity index (χ0v) is 23.3. The lowest BCUT2D eigenvalue weighted by Crippen LogP contribution is -2.59. The number of hydrogen-bond donors (Lipinski definition) is 1. The molecule has 0 aliphatic carbocycles. The molecule has 1 N–H and O–H groups in total. The van der Waals surface area contributed by atoms with Crippen molar-refractivity contribution >= 4 is 33.7 Å². The number of carbonyl (C=O) groups is 3. The number of benzene rings is 1. The molecule has 4 rings (SSSR count). The third-order valence-corrected chi connectivity index (χ3v) is 8.59. The molecular weight excluding hydrogens is 540 g/mol. The summed E-state index contributed by atoms with van der Waals surface area (Å²) < 4.78 is 11.9. The summed E-state index contributed by atoms with van der Waals surface area (Å²) in [7, 11) is 0. The lowest BCUT2D eigenvalue weighted by atomic mass is 9.70. The van der Waals surface area contributed by atoms with Crippen molar-refractivity contribution in [3.63, 3.8) is 0 Å². The van der Waals surface area contributed by atoms with Crippen LogP contribution in [0.25, 0.3) is 0 Å². The fraction of sp³-hybridized carbons (Fsp3) is 0.607. The number of esters is 1. The Labute approximate surface area is 227 Å². The Morgan fingerprint density at radius 2 is 2.05 bits per heavy atom. The molecular formula is C28H37BrN2O6. The molecule has 3 aliphatic rings. The van der Waals surface area contributed by atoms with Gasteiger partial charge in [-0.05, 0) is 31.2 Å². The van der Waals surface area contributed by atoms with Gasteiger partial charge >= 0.3 is 5.97 Å². The zero-order valence-electron chi connectivity index (χ0n) is 21.7. The first-order valence-electron chi connectivity index (χ1n) is 13.0. The molecule has 7 atom stereocenters. The topological polar surface area (TPSA) is 96.4 Å². The molecule has 0 aromatic heterocycles. The third kappa shape index (κ3) is 4.86. The highest BCUT2D eigenvalue weighted by molar-refractivity contribution is 9.09. The monoisotopic (exact) mass is 576 g/mol. The molecule has 1 aromatic rings. The van der Waals surface area contributed by atoms with Gasteiger partial charge in [-0.1, -0.05) is 66.2 Å². The van der Waals surface area contributed by atoms with Crippen LogP contribution in [0.15, 0.2) is 43.0 Å². The van der Waals surface area contributed by atoms with Gasteiger partial charge in [-0.15, -0.1) is 6.58 Å². The molecule has 202 valence electrons. The van der Waals surface area contributed by atoms with Gasteiger partial charge in [0.25, 0.3) is 0 Å². The molecule has 3 fully saturated rings. The molecule has 3 saturated heterocycles. The summed E-state index contributed by atoms with van der Waals surface area (Å²) in [4.78, 5) is 44.7. The van der Waals surface area contributed by atoms with Crippen molar-refractivity contribution in [2.45, 2.75) is 68.8 Å². The van der Waals surface area contributed by atoms with Gasteiger partial charge < -0.3 is 24.4 Å². The number of likely N-dealkylation sites (tertiary alicyclic amines) is 1. The van der Waals surface area contributed by atoms with Gasteiger partial charge in [0.05, 0.1) is 37.2 Å². The highest BCUT2D eigenvalue weighted by atomic mass is 79.9. The van der Waals surface area contributed by atoms with Gasteiger partial charge in [0.2, 0.25) is 11.8 Å². The molecule has 0 saturated carbocycles. The number of carbonyl (C=O) groups excluding carboxylic acids is 3. The minimum absolute atomic E-state index is 0.175. The Hall–Kier alpha value is -2.23. The highest BCUT2D eigenvalue weighted by Crippen LogP contribution is 2.60. The van der Waals surface area contributed by atoms with Gasteiger partial charge in [0.15, 0.2) is 0 Å². The van der Waals surface area contributed by atoms with E-state index >= 15 is 0 Å². The summed E-state index contributed by atoms with van der Waals surface area (Å²) in [5.74, 6) is -2.56. The number of ether oxygens (including phenoxy) is 2. The summed E-state index contributed by atoms with van der Waals surface area (Å²) in [6.45, 7) is 10.1. The predicted molar refractivity (Wildman–Crippen MR) is 142 cm³/mol. The number of fused-ring (bicyclic) bond motifs is 1. The Balaban J connectivity index is 1.79. The Kier molecular flexibility index (Phi) is 8.45. The molecule has 2 amide bonds. The molecule has 1 aromatic carbocycles. The van der Waals surface area contributed by atoms with Crippen LogP contribution in [0.3, 0.4) is 0 Å². The van der Waals surface area contributed by atoms with Gasteiger partial charge in [0, 0.05) is 17.9 Å². The second-order valence-electron chi connectivity index (χ2n) is 10.6. The van der Waals surface area contributed by atoms with E-state index in [1.165, 1.54) is 4.90 Å². The number of nitrogens with zero attached hydrogens (tertiary/aromatic N) is 2. The Morgan fingerprint density at radius 3 is 2.65 bits per heavy atom. The van der Waals surface area contributed by atoms with Gasteiger partial charge in [0.1, 0.15) is 11.6 Å². The van der Waals surface area contributed by atoms with E-state index in [1.54, 1.807) is 17.9 Å². The standard InChI is InChI=1S/C28H37BrN2O6/c1-5-12-30(15-18-10-8-7-9-11-18)26(34)24-28-14-20(29)23(37-28)21(27(35)36-6-2)22(28)25(33)31(24)19(16-32)13-17(3)4/h5,7-11,17,19-24,32H,1,6,12-16H2,2-4H3/t19-,20?,21+,22+,23+,24?,28?/m1/s1. The van der Waals surface area contributed by atoms with Crippen molar-refractivity contribution in [1.29, 1.82) is 0 Å². The first-order chi connectivity index (χ1) is 17.7. The van der Waals surface area contributed by atoms with Crippen molar-refractivity contribution in [3.05, 3.63) is 48.6 Å². The maximum Gasteiger partial charge on any atom is 0.312 e. The minimum Gasteiger partial charge on any atom is -0.466 e. The first kappa shape index (κ1) is 27.8. The second-order valence-corrected chi connectivity index (χ2v) is 11.8. The van der Waals surface area contributed by atoms with Crippen molar-refractivity contribution < 1.29 is 29.0 Å². The Morgan fingerprint density at radius 1 is 1.35 bits per heavy atom. The lowest BCUT2D eigenvalue weighted by Gasteiger charge is -2.39. The maximum atomic E-state index is 14.4. The molecule has 3 aliphatic heterocycles. The summed E-state index contributed by atoms with van der Waals surface area (Å²) >= 11 is 3.67. The van der Waals surface area contributed by atoms with Crippen molar-refractivity contribution in [2.24, 2.45) is 17.8 Å². The van der Waals surface area contributed by atoms with Crippen LogP contribution in [0.1, 0.15) is 39.2 Å². The number of hydrogen-bond acceptors (Lipinski definition) is 6. The summed E-state index contributed by atoms with van der Waals surface area (Å²) in [6, 6.07) is 8.07. The predicted octanol–water partition coefficient (Wildman–Crippen LogP) is 2.92. The van der Waals surface area contributed by atoms with Crippen LogP contribution < -0.4 is 0 Å². The van der Waals surface area contributed by atoms with Crippen LogP contribution in [0.4, 0.5) is 0 Å². The SMILES string of the molecule is C=CCN(Cc1ccccc1)C(=O)C1N([C@@H](CO)CC(C)C)C(=O)[C@@H]2[C@H](C(=O)OCC)[C@H]3OC12CC3Br. The molecule has 8 nitrogen and oxygen atoms in total. The van der Waals surface area contributed by atoms with Crippen molar-refractivity contribution in [2.75, 3.05) is 19.8 Å². The highest BCUT2D eigenvalue weighted by Gasteiger charge is 2.77.